The van der Waals surface area contributed by atoms with Crippen LogP contribution in [0.5, 0.6) is 0 Å². The summed E-state index contributed by atoms with van der Waals surface area (Å²) in [5.74, 6) is -0.790. The highest BCUT2D eigenvalue weighted by Crippen LogP contribution is 2.63. The molecule has 0 aliphatic heterocycles. The van der Waals surface area contributed by atoms with E-state index >= 15 is 0 Å². The molecule has 0 saturated carbocycles. The van der Waals surface area contributed by atoms with E-state index in [9.17, 15) is 4.79 Å². The lowest BCUT2D eigenvalue weighted by Gasteiger charge is -2.25. The number of hydrogen-bond donors (Lipinski definition) is 1. The first-order valence-corrected chi connectivity index (χ1v) is 13.4. The molecule has 0 aromatic carbocycles. The summed E-state index contributed by atoms with van der Waals surface area (Å²) < 4.78 is 11.9. The molecule has 0 radical (unpaired) electrons. The molecule has 1 N–H and O–H groups in total. The standard InChI is InChI=1S/C17H35O4PS2/c1-4-7-9-11-13-20-22(23,21-14-12-10-8-5-2)24-16(6-3)15-17(18)19/h16H,4-15H2,1-3H3,(H,18,19). The van der Waals surface area contributed by atoms with Crippen molar-refractivity contribution in [2.75, 3.05) is 13.2 Å². The van der Waals surface area contributed by atoms with Gasteiger partial charge in [0.1, 0.15) is 0 Å². The van der Waals surface area contributed by atoms with Crippen LogP contribution in [0.3, 0.4) is 0 Å². The van der Waals surface area contributed by atoms with Gasteiger partial charge in [-0.05, 0) is 31.1 Å². The number of aliphatic carboxylic acids is 1. The van der Waals surface area contributed by atoms with Crippen LogP contribution >= 0.6 is 17.1 Å². The predicted octanol–water partition coefficient (Wildman–Crippen LogP) is 6.39. The van der Waals surface area contributed by atoms with Crippen molar-refractivity contribution in [3.8, 4) is 0 Å². The lowest BCUT2D eigenvalue weighted by atomic mass is 10.2. The zero-order chi connectivity index (χ0) is 18.3. The quantitative estimate of drug-likeness (QED) is 0.226. The van der Waals surface area contributed by atoms with Crippen molar-refractivity contribution < 1.29 is 18.9 Å². The maximum absolute atomic E-state index is 11.0. The summed E-state index contributed by atoms with van der Waals surface area (Å²) in [4.78, 5) is 11.0. The second-order valence-electron chi connectivity index (χ2n) is 5.97. The van der Waals surface area contributed by atoms with Crippen molar-refractivity contribution in [3.63, 3.8) is 0 Å². The van der Waals surface area contributed by atoms with E-state index in [2.05, 4.69) is 13.8 Å². The summed E-state index contributed by atoms with van der Waals surface area (Å²) in [6, 6.07) is 0. The Morgan fingerprint density at radius 3 is 1.88 bits per heavy atom. The minimum atomic E-state index is -2.46. The van der Waals surface area contributed by atoms with E-state index in [1.807, 2.05) is 6.92 Å². The third-order valence-electron chi connectivity index (χ3n) is 3.63. The summed E-state index contributed by atoms with van der Waals surface area (Å²) in [7, 11) is 0. The molecule has 7 heteroatoms. The van der Waals surface area contributed by atoms with Gasteiger partial charge in [-0.25, -0.2) is 0 Å². The lowest BCUT2D eigenvalue weighted by molar-refractivity contribution is -0.136. The molecule has 0 aliphatic rings. The second-order valence-corrected chi connectivity index (χ2v) is 12.5. The van der Waals surface area contributed by atoms with Crippen LogP contribution in [0.15, 0.2) is 0 Å². The number of rotatable bonds is 17. The van der Waals surface area contributed by atoms with E-state index in [0.29, 0.717) is 13.2 Å². The lowest BCUT2D eigenvalue weighted by Crippen LogP contribution is -2.10. The molecule has 0 fully saturated rings. The number of carboxylic acids is 1. The summed E-state index contributed by atoms with van der Waals surface area (Å²) in [5.41, 5.74) is -2.46. The molecule has 144 valence electrons. The van der Waals surface area contributed by atoms with Gasteiger partial charge in [0.15, 0.2) is 0 Å². The van der Waals surface area contributed by atoms with Gasteiger partial charge >= 0.3 is 5.97 Å². The number of hydrogen-bond acceptors (Lipinski definition) is 5. The van der Waals surface area contributed by atoms with E-state index in [0.717, 1.165) is 32.1 Å². The Balaban J connectivity index is 4.48. The molecule has 0 bridgehead atoms. The van der Waals surface area contributed by atoms with Crippen LogP contribution in [0.2, 0.25) is 0 Å². The van der Waals surface area contributed by atoms with Gasteiger partial charge in [-0.15, -0.1) is 0 Å². The number of unbranched alkanes of at least 4 members (excludes halogenated alkanes) is 6. The molecule has 0 amide bonds. The Kier molecular flexibility index (Phi) is 15.9. The second kappa shape index (κ2) is 15.6. The maximum Gasteiger partial charge on any atom is 0.304 e. The van der Waals surface area contributed by atoms with Crippen LogP contribution in [0, 0.1) is 0 Å². The van der Waals surface area contributed by atoms with E-state index in [1.165, 1.54) is 37.1 Å². The monoisotopic (exact) mass is 398 g/mol. The minimum Gasteiger partial charge on any atom is -0.481 e. The predicted molar refractivity (Wildman–Crippen MR) is 108 cm³/mol. The average Bonchev–Trinajstić information content (AvgIpc) is 2.53. The van der Waals surface area contributed by atoms with Gasteiger partial charge < -0.3 is 14.2 Å². The Morgan fingerprint density at radius 1 is 1.00 bits per heavy atom. The molecule has 0 spiro atoms. The Hall–Kier alpha value is 0.390. The zero-order valence-corrected chi connectivity index (χ0v) is 18.0. The number of carbonyl (C=O) groups is 1. The van der Waals surface area contributed by atoms with Gasteiger partial charge in [-0.1, -0.05) is 70.7 Å². The van der Waals surface area contributed by atoms with Gasteiger partial charge in [0.05, 0.1) is 19.6 Å². The van der Waals surface area contributed by atoms with Gasteiger partial charge in [0.2, 0.25) is 5.69 Å². The zero-order valence-electron chi connectivity index (χ0n) is 15.5. The smallest absolute Gasteiger partial charge is 0.304 e. The molecule has 0 saturated heterocycles. The Labute approximate surface area is 157 Å². The van der Waals surface area contributed by atoms with E-state index in [1.54, 1.807) is 0 Å². The first-order chi connectivity index (χ1) is 11.5. The normalized spacial score (nSPS) is 13.1. The Morgan fingerprint density at radius 2 is 1.50 bits per heavy atom. The molecular weight excluding hydrogens is 363 g/mol. The van der Waals surface area contributed by atoms with Crippen molar-refractivity contribution in [2.45, 2.75) is 90.2 Å². The van der Waals surface area contributed by atoms with Gasteiger partial charge in [-0.2, -0.15) is 0 Å². The average molecular weight is 399 g/mol. The van der Waals surface area contributed by atoms with Crippen LogP contribution in [-0.2, 0) is 25.6 Å². The third kappa shape index (κ3) is 13.7. The molecule has 0 aliphatic carbocycles. The van der Waals surface area contributed by atoms with E-state index < -0.39 is 11.7 Å². The Bertz CT molecular complexity index is 348. The fourth-order valence-electron chi connectivity index (χ4n) is 2.14. The van der Waals surface area contributed by atoms with E-state index in [4.69, 9.17) is 26.0 Å². The highest BCUT2D eigenvalue weighted by atomic mass is 32.9. The summed E-state index contributed by atoms with van der Waals surface area (Å²) >= 11 is 7.14. The molecule has 0 rings (SSSR count). The maximum atomic E-state index is 11.0. The molecular formula is C17H35O4PS2. The first kappa shape index (κ1) is 24.4. The topological polar surface area (TPSA) is 55.8 Å². The van der Waals surface area contributed by atoms with Crippen molar-refractivity contribution in [2.24, 2.45) is 0 Å². The SMILES string of the molecule is CCCCCCOP(=S)(OCCCCCC)SC(CC)CC(=O)O. The van der Waals surface area contributed by atoms with Crippen LogP contribution < -0.4 is 0 Å². The molecule has 1 atom stereocenters. The van der Waals surface area contributed by atoms with E-state index in [-0.39, 0.29) is 11.7 Å². The largest absolute Gasteiger partial charge is 0.481 e. The molecule has 4 nitrogen and oxygen atoms in total. The van der Waals surface area contributed by atoms with Crippen LogP contribution in [0.25, 0.3) is 0 Å². The molecule has 0 heterocycles. The highest BCUT2D eigenvalue weighted by molar-refractivity contribution is 8.68. The molecule has 24 heavy (non-hydrogen) atoms. The van der Waals surface area contributed by atoms with Crippen LogP contribution in [-0.4, -0.2) is 29.5 Å². The highest BCUT2D eigenvalue weighted by Gasteiger charge is 2.26. The fraction of sp³-hybridized carbons (Fsp3) is 0.941. The molecule has 0 aromatic rings. The van der Waals surface area contributed by atoms with Crippen molar-refractivity contribution in [1.29, 1.82) is 0 Å². The number of carboxylic acid groups (broad SMARTS) is 1. The van der Waals surface area contributed by atoms with Crippen LogP contribution in [0.4, 0.5) is 0 Å². The third-order valence-corrected chi connectivity index (χ3v) is 9.39. The van der Waals surface area contributed by atoms with Crippen molar-refractivity contribution in [3.05, 3.63) is 0 Å². The van der Waals surface area contributed by atoms with Gasteiger partial charge in [0, 0.05) is 5.25 Å². The fourth-order valence-corrected chi connectivity index (χ4v) is 7.90. The molecule has 1 unspecified atom stereocenters. The summed E-state index contributed by atoms with van der Waals surface area (Å²) in [5, 5.41) is 9.00. The van der Waals surface area contributed by atoms with Crippen molar-refractivity contribution in [1.82, 2.24) is 0 Å². The molecule has 0 aromatic heterocycles. The van der Waals surface area contributed by atoms with Crippen LogP contribution in [0.1, 0.15) is 85.0 Å². The van der Waals surface area contributed by atoms with Crippen molar-refractivity contribution >= 4 is 34.9 Å². The first-order valence-electron chi connectivity index (χ1n) is 9.26. The van der Waals surface area contributed by atoms with Gasteiger partial charge in [0.25, 0.3) is 0 Å². The van der Waals surface area contributed by atoms with Gasteiger partial charge in [-0.3, -0.25) is 4.79 Å². The summed E-state index contributed by atoms with van der Waals surface area (Å²) in [6.45, 7) is 7.57. The summed E-state index contributed by atoms with van der Waals surface area (Å²) in [6.07, 6.45) is 9.90. The minimum absolute atomic E-state index is 0.0420.